The molecule has 0 spiro atoms. The summed E-state index contributed by atoms with van der Waals surface area (Å²) in [5, 5.41) is 0. The number of benzene rings is 1. The van der Waals surface area contributed by atoms with E-state index in [-0.39, 0.29) is 12.5 Å². The molecule has 1 rings (SSSR count). The summed E-state index contributed by atoms with van der Waals surface area (Å²) in [6.45, 7) is 3.56. The zero-order valence-corrected chi connectivity index (χ0v) is 12.4. The first-order chi connectivity index (χ1) is 9.61. The molecule has 0 saturated heterocycles. The number of aryl methyl sites for hydroxylation is 1. The molecule has 0 bridgehead atoms. The predicted octanol–water partition coefficient (Wildman–Crippen LogP) is 3.30. The smallest absolute Gasteiger partial charge is 0.416 e. The van der Waals surface area contributed by atoms with Crippen LogP contribution in [-0.2, 0) is 28.7 Å². The maximum atomic E-state index is 12.8. The van der Waals surface area contributed by atoms with Crippen LogP contribution in [0.1, 0.15) is 37.0 Å². The van der Waals surface area contributed by atoms with Crippen LogP contribution in [0.15, 0.2) is 18.2 Å². The van der Waals surface area contributed by atoms with Gasteiger partial charge < -0.3 is 10.5 Å². The maximum Gasteiger partial charge on any atom is 0.416 e. The van der Waals surface area contributed by atoms with Crippen LogP contribution >= 0.6 is 0 Å². The molecule has 0 radical (unpaired) electrons. The zero-order valence-electron chi connectivity index (χ0n) is 12.4. The van der Waals surface area contributed by atoms with E-state index >= 15 is 0 Å². The topological polar surface area (TPSA) is 52.3 Å². The van der Waals surface area contributed by atoms with Gasteiger partial charge in [-0.2, -0.15) is 13.2 Å². The molecule has 21 heavy (non-hydrogen) atoms. The standard InChI is InChI=1S/C15H20F3NO2/c1-14(2,13(20)21-3)7-6-10-8-12(15(16,17)18)5-4-11(10)9-19/h4-5,8H,6-7,9,19H2,1-3H3. The van der Waals surface area contributed by atoms with Gasteiger partial charge >= 0.3 is 12.1 Å². The van der Waals surface area contributed by atoms with Crippen LogP contribution in [0.2, 0.25) is 0 Å². The minimum atomic E-state index is -4.39. The number of carbonyl (C=O) groups excluding carboxylic acids is 1. The number of alkyl halides is 3. The van der Waals surface area contributed by atoms with Gasteiger partial charge in [0.05, 0.1) is 18.1 Å². The fraction of sp³-hybridized carbons (Fsp3) is 0.533. The molecular weight excluding hydrogens is 283 g/mol. The van der Waals surface area contributed by atoms with Gasteiger partial charge in [0.2, 0.25) is 0 Å². The fourth-order valence-electron chi connectivity index (χ4n) is 2.06. The number of esters is 1. The molecule has 118 valence electrons. The Morgan fingerprint density at radius 2 is 1.86 bits per heavy atom. The van der Waals surface area contributed by atoms with Gasteiger partial charge in [-0.25, -0.2) is 0 Å². The van der Waals surface area contributed by atoms with Crippen molar-refractivity contribution in [1.29, 1.82) is 0 Å². The van der Waals surface area contributed by atoms with Gasteiger partial charge in [-0.15, -0.1) is 0 Å². The number of carbonyl (C=O) groups is 1. The lowest BCUT2D eigenvalue weighted by atomic mass is 9.85. The Morgan fingerprint density at radius 1 is 1.24 bits per heavy atom. The molecule has 0 heterocycles. The SMILES string of the molecule is COC(=O)C(C)(C)CCc1cc(C(F)(F)F)ccc1CN. The van der Waals surface area contributed by atoms with E-state index in [0.717, 1.165) is 12.1 Å². The van der Waals surface area contributed by atoms with Crippen molar-refractivity contribution >= 4 is 5.97 Å². The van der Waals surface area contributed by atoms with E-state index in [0.29, 0.717) is 24.0 Å². The summed E-state index contributed by atoms with van der Waals surface area (Å²) in [4.78, 5) is 11.6. The zero-order chi connectivity index (χ0) is 16.3. The average molecular weight is 303 g/mol. The molecular formula is C15H20F3NO2. The first-order valence-corrected chi connectivity index (χ1v) is 6.59. The number of nitrogens with two attached hydrogens (primary N) is 1. The van der Waals surface area contributed by atoms with E-state index in [2.05, 4.69) is 0 Å². The molecule has 0 aliphatic heterocycles. The van der Waals surface area contributed by atoms with Gasteiger partial charge in [0.25, 0.3) is 0 Å². The van der Waals surface area contributed by atoms with Gasteiger partial charge in [-0.3, -0.25) is 4.79 Å². The third-order valence-corrected chi connectivity index (χ3v) is 3.51. The molecule has 0 saturated carbocycles. The van der Waals surface area contributed by atoms with E-state index in [1.807, 2.05) is 0 Å². The van der Waals surface area contributed by atoms with Crippen molar-refractivity contribution in [3.8, 4) is 0 Å². The minimum Gasteiger partial charge on any atom is -0.469 e. The molecule has 0 aliphatic rings. The molecule has 6 heteroatoms. The Balaban J connectivity index is 2.99. The van der Waals surface area contributed by atoms with Gasteiger partial charge in [0.15, 0.2) is 0 Å². The monoisotopic (exact) mass is 303 g/mol. The Labute approximate surface area is 122 Å². The molecule has 0 unspecified atom stereocenters. The normalized spacial score (nSPS) is 12.3. The highest BCUT2D eigenvalue weighted by Gasteiger charge is 2.32. The average Bonchev–Trinajstić information content (AvgIpc) is 2.42. The number of halogens is 3. The second kappa shape index (κ2) is 6.47. The Bertz CT molecular complexity index is 510. The number of methoxy groups -OCH3 is 1. The number of rotatable bonds is 5. The Kier molecular flexibility index (Phi) is 5.39. The molecule has 0 atom stereocenters. The Hall–Kier alpha value is -1.56. The summed E-state index contributed by atoms with van der Waals surface area (Å²) in [7, 11) is 1.29. The maximum absolute atomic E-state index is 12.8. The lowest BCUT2D eigenvalue weighted by Crippen LogP contribution is -2.26. The first kappa shape index (κ1) is 17.5. The fourth-order valence-corrected chi connectivity index (χ4v) is 2.06. The second-order valence-corrected chi connectivity index (χ2v) is 5.56. The quantitative estimate of drug-likeness (QED) is 0.849. The van der Waals surface area contributed by atoms with Crippen molar-refractivity contribution in [2.45, 2.75) is 39.4 Å². The van der Waals surface area contributed by atoms with Gasteiger partial charge in [-0.05, 0) is 49.9 Å². The first-order valence-electron chi connectivity index (χ1n) is 6.59. The molecule has 2 N–H and O–H groups in total. The van der Waals surface area contributed by atoms with Crippen molar-refractivity contribution in [2.24, 2.45) is 11.1 Å². The number of ether oxygens (including phenoxy) is 1. The predicted molar refractivity (Wildman–Crippen MR) is 73.5 cm³/mol. The molecule has 0 aromatic heterocycles. The van der Waals surface area contributed by atoms with Crippen LogP contribution in [0.5, 0.6) is 0 Å². The molecule has 1 aromatic rings. The lowest BCUT2D eigenvalue weighted by Gasteiger charge is -2.22. The highest BCUT2D eigenvalue weighted by molar-refractivity contribution is 5.75. The third kappa shape index (κ3) is 4.46. The van der Waals surface area contributed by atoms with Crippen molar-refractivity contribution in [1.82, 2.24) is 0 Å². The van der Waals surface area contributed by atoms with Gasteiger partial charge in [-0.1, -0.05) is 6.07 Å². The van der Waals surface area contributed by atoms with Gasteiger partial charge in [0.1, 0.15) is 0 Å². The lowest BCUT2D eigenvalue weighted by molar-refractivity contribution is -0.151. The molecule has 0 amide bonds. The summed E-state index contributed by atoms with van der Waals surface area (Å²) in [6, 6.07) is 3.52. The third-order valence-electron chi connectivity index (χ3n) is 3.51. The molecule has 0 fully saturated rings. The van der Waals surface area contributed by atoms with E-state index < -0.39 is 17.2 Å². The van der Waals surface area contributed by atoms with Crippen molar-refractivity contribution in [3.05, 3.63) is 34.9 Å². The summed E-state index contributed by atoms with van der Waals surface area (Å²) >= 11 is 0. The van der Waals surface area contributed by atoms with E-state index in [1.54, 1.807) is 13.8 Å². The van der Waals surface area contributed by atoms with Crippen LogP contribution in [-0.4, -0.2) is 13.1 Å². The number of hydrogen-bond donors (Lipinski definition) is 1. The summed E-state index contributed by atoms with van der Waals surface area (Å²) in [6.07, 6.45) is -3.67. The Morgan fingerprint density at radius 3 is 2.33 bits per heavy atom. The van der Waals surface area contributed by atoms with Crippen LogP contribution in [0.4, 0.5) is 13.2 Å². The van der Waals surface area contributed by atoms with Crippen molar-refractivity contribution in [2.75, 3.05) is 7.11 Å². The van der Waals surface area contributed by atoms with Crippen LogP contribution in [0.3, 0.4) is 0 Å². The van der Waals surface area contributed by atoms with Crippen LogP contribution < -0.4 is 5.73 Å². The minimum absolute atomic E-state index is 0.159. The summed E-state index contributed by atoms with van der Waals surface area (Å²) in [5.74, 6) is -0.385. The number of hydrogen-bond acceptors (Lipinski definition) is 3. The van der Waals surface area contributed by atoms with Crippen LogP contribution in [0, 0.1) is 5.41 Å². The van der Waals surface area contributed by atoms with E-state index in [9.17, 15) is 18.0 Å². The largest absolute Gasteiger partial charge is 0.469 e. The van der Waals surface area contributed by atoms with Crippen molar-refractivity contribution in [3.63, 3.8) is 0 Å². The molecule has 0 aliphatic carbocycles. The van der Waals surface area contributed by atoms with Gasteiger partial charge in [0, 0.05) is 6.54 Å². The van der Waals surface area contributed by atoms with E-state index in [1.165, 1.54) is 13.2 Å². The molecule has 1 aromatic carbocycles. The highest BCUT2D eigenvalue weighted by Crippen LogP contribution is 2.32. The molecule has 3 nitrogen and oxygen atoms in total. The summed E-state index contributed by atoms with van der Waals surface area (Å²) in [5.41, 5.74) is 5.28. The van der Waals surface area contributed by atoms with Crippen LogP contribution in [0.25, 0.3) is 0 Å². The second-order valence-electron chi connectivity index (χ2n) is 5.56. The highest BCUT2D eigenvalue weighted by atomic mass is 19.4. The van der Waals surface area contributed by atoms with E-state index in [4.69, 9.17) is 10.5 Å². The summed E-state index contributed by atoms with van der Waals surface area (Å²) < 4.78 is 43.0. The van der Waals surface area contributed by atoms with Crippen molar-refractivity contribution < 1.29 is 22.7 Å².